The molecule has 0 radical (unpaired) electrons. The van der Waals surface area contributed by atoms with E-state index < -0.39 is 0 Å². The molecule has 1 nitrogen and oxygen atoms in total. The molecule has 12 rings (SSSR count). The van der Waals surface area contributed by atoms with Gasteiger partial charge in [0, 0.05) is 27.3 Å². The average molecular weight is 723 g/mol. The Hall–Kier alpha value is -7.48. The first-order chi connectivity index (χ1) is 28.3. The first-order valence-electron chi connectivity index (χ1n) is 19.7. The number of rotatable bonds is 4. The highest BCUT2D eigenvalue weighted by atomic mass is 16.3. The highest BCUT2D eigenvalue weighted by Gasteiger charge is 2.21. The van der Waals surface area contributed by atoms with E-state index in [1.165, 1.54) is 87.4 Å². The third kappa shape index (κ3) is 4.83. The number of benzene rings is 11. The molecule has 0 spiro atoms. The standard InChI is InChI=1S/C56H34O/c1-4-18-41-35(14-1)32-33-50-49-26-13-27-51(56(49)57-55(41)50)54-47-24-11-9-22-45(47)53(46-23-10-12-25-48(46)54)37-30-28-36(29-31-37)39-16-5-6-20-43(39)52-34-38-15-2-3-17-40(38)42-19-7-8-21-44(42)52/h1-34H. The lowest BCUT2D eigenvalue weighted by molar-refractivity contribution is 0.674. The van der Waals surface area contributed by atoms with E-state index in [1.807, 2.05) is 0 Å². The van der Waals surface area contributed by atoms with Crippen molar-refractivity contribution in [3.63, 3.8) is 0 Å². The van der Waals surface area contributed by atoms with E-state index in [4.69, 9.17) is 4.42 Å². The first kappa shape index (κ1) is 31.8. The summed E-state index contributed by atoms with van der Waals surface area (Å²) >= 11 is 0. The molecule has 1 heterocycles. The zero-order chi connectivity index (χ0) is 37.5. The quantitative estimate of drug-likeness (QED) is 0.130. The minimum absolute atomic E-state index is 0.925. The number of hydrogen-bond acceptors (Lipinski definition) is 1. The highest BCUT2D eigenvalue weighted by Crippen LogP contribution is 2.48. The zero-order valence-electron chi connectivity index (χ0n) is 31.0. The molecule has 0 bridgehead atoms. The summed E-state index contributed by atoms with van der Waals surface area (Å²) in [5.41, 5.74) is 11.5. The maximum absolute atomic E-state index is 6.91. The van der Waals surface area contributed by atoms with E-state index in [2.05, 4.69) is 206 Å². The van der Waals surface area contributed by atoms with Gasteiger partial charge in [-0.15, -0.1) is 0 Å². The molecule has 12 aromatic rings. The molecule has 0 N–H and O–H groups in total. The van der Waals surface area contributed by atoms with Gasteiger partial charge in [0.05, 0.1) is 0 Å². The maximum atomic E-state index is 6.91. The predicted molar refractivity (Wildman–Crippen MR) is 243 cm³/mol. The van der Waals surface area contributed by atoms with Crippen molar-refractivity contribution in [2.45, 2.75) is 0 Å². The van der Waals surface area contributed by atoms with Gasteiger partial charge < -0.3 is 4.42 Å². The van der Waals surface area contributed by atoms with Crippen molar-refractivity contribution < 1.29 is 4.42 Å². The Labute approximate surface area is 329 Å². The van der Waals surface area contributed by atoms with Crippen LogP contribution in [0.3, 0.4) is 0 Å². The molecule has 0 aliphatic carbocycles. The van der Waals surface area contributed by atoms with Crippen LogP contribution in [-0.4, -0.2) is 0 Å². The molecular formula is C56H34O. The third-order valence-corrected chi connectivity index (χ3v) is 12.1. The minimum Gasteiger partial charge on any atom is -0.455 e. The fourth-order valence-electron chi connectivity index (χ4n) is 9.52. The van der Waals surface area contributed by atoms with Crippen molar-refractivity contribution in [2.75, 3.05) is 0 Å². The van der Waals surface area contributed by atoms with E-state index in [0.717, 1.165) is 32.9 Å². The lowest BCUT2D eigenvalue weighted by Gasteiger charge is -2.18. The Morgan fingerprint density at radius 1 is 0.228 bits per heavy atom. The van der Waals surface area contributed by atoms with Crippen LogP contribution in [-0.2, 0) is 0 Å². The van der Waals surface area contributed by atoms with Crippen LogP contribution in [0, 0.1) is 0 Å². The van der Waals surface area contributed by atoms with Gasteiger partial charge in [-0.1, -0.05) is 194 Å². The van der Waals surface area contributed by atoms with Gasteiger partial charge in [-0.2, -0.15) is 0 Å². The Bertz CT molecular complexity index is 3510. The van der Waals surface area contributed by atoms with Gasteiger partial charge in [-0.25, -0.2) is 0 Å². The van der Waals surface area contributed by atoms with Crippen LogP contribution in [0.25, 0.3) is 120 Å². The maximum Gasteiger partial charge on any atom is 0.143 e. The van der Waals surface area contributed by atoms with Crippen molar-refractivity contribution in [1.29, 1.82) is 0 Å². The Balaban J connectivity index is 1.04. The van der Waals surface area contributed by atoms with Crippen LogP contribution in [0.4, 0.5) is 0 Å². The largest absolute Gasteiger partial charge is 0.455 e. The van der Waals surface area contributed by atoms with E-state index in [0.29, 0.717) is 0 Å². The van der Waals surface area contributed by atoms with E-state index in [1.54, 1.807) is 0 Å². The van der Waals surface area contributed by atoms with Gasteiger partial charge >= 0.3 is 0 Å². The molecule has 0 saturated carbocycles. The van der Waals surface area contributed by atoms with Crippen molar-refractivity contribution >= 4 is 75.8 Å². The molecule has 57 heavy (non-hydrogen) atoms. The number of fused-ring (bicyclic) bond motifs is 10. The molecule has 0 atom stereocenters. The highest BCUT2D eigenvalue weighted by molar-refractivity contribution is 6.25. The number of furan rings is 1. The van der Waals surface area contributed by atoms with Crippen LogP contribution < -0.4 is 0 Å². The molecule has 264 valence electrons. The van der Waals surface area contributed by atoms with Gasteiger partial charge in [0.1, 0.15) is 11.2 Å². The van der Waals surface area contributed by atoms with Gasteiger partial charge in [0.2, 0.25) is 0 Å². The number of hydrogen-bond donors (Lipinski definition) is 0. The van der Waals surface area contributed by atoms with Crippen LogP contribution >= 0.6 is 0 Å². The molecule has 0 aliphatic rings. The van der Waals surface area contributed by atoms with E-state index in [-0.39, 0.29) is 0 Å². The van der Waals surface area contributed by atoms with Crippen LogP contribution in [0.1, 0.15) is 0 Å². The Morgan fingerprint density at radius 3 is 1.44 bits per heavy atom. The van der Waals surface area contributed by atoms with Crippen molar-refractivity contribution in [3.8, 4) is 44.5 Å². The second-order valence-corrected chi connectivity index (χ2v) is 15.1. The summed E-state index contributed by atoms with van der Waals surface area (Å²) < 4.78 is 6.91. The topological polar surface area (TPSA) is 13.1 Å². The molecule has 0 fully saturated rings. The average Bonchev–Trinajstić information content (AvgIpc) is 3.68. The molecule has 11 aromatic carbocycles. The zero-order valence-corrected chi connectivity index (χ0v) is 31.0. The SMILES string of the molecule is c1ccc(-c2cc3ccccc3c3ccccc23)c(-c2ccc(-c3c4ccccc4c(-c4cccc5c4oc4c6ccccc6ccc54)c4ccccc34)cc2)c1. The molecule has 0 aliphatic heterocycles. The van der Waals surface area contributed by atoms with Crippen molar-refractivity contribution in [3.05, 3.63) is 206 Å². The van der Waals surface area contributed by atoms with Crippen LogP contribution in [0.5, 0.6) is 0 Å². The summed E-state index contributed by atoms with van der Waals surface area (Å²) in [5.74, 6) is 0. The molecule has 1 heteroatoms. The monoisotopic (exact) mass is 722 g/mol. The van der Waals surface area contributed by atoms with Gasteiger partial charge in [0.25, 0.3) is 0 Å². The summed E-state index contributed by atoms with van der Waals surface area (Å²) in [6.45, 7) is 0. The molecule has 0 saturated heterocycles. The van der Waals surface area contributed by atoms with Crippen molar-refractivity contribution in [2.24, 2.45) is 0 Å². The molecule has 1 aromatic heterocycles. The third-order valence-electron chi connectivity index (χ3n) is 12.1. The van der Waals surface area contributed by atoms with E-state index in [9.17, 15) is 0 Å². The molecule has 0 amide bonds. The van der Waals surface area contributed by atoms with Gasteiger partial charge in [-0.05, 0) is 94.0 Å². The van der Waals surface area contributed by atoms with Crippen LogP contribution in [0.15, 0.2) is 211 Å². The van der Waals surface area contributed by atoms with Gasteiger partial charge in [0.15, 0.2) is 0 Å². The molecular weight excluding hydrogens is 689 g/mol. The minimum atomic E-state index is 0.925. The van der Waals surface area contributed by atoms with Crippen molar-refractivity contribution in [1.82, 2.24) is 0 Å². The Morgan fingerprint density at radius 2 is 0.719 bits per heavy atom. The van der Waals surface area contributed by atoms with E-state index >= 15 is 0 Å². The van der Waals surface area contributed by atoms with Crippen LogP contribution in [0.2, 0.25) is 0 Å². The fourth-order valence-corrected chi connectivity index (χ4v) is 9.52. The summed E-state index contributed by atoms with van der Waals surface area (Å²) in [6.07, 6.45) is 0. The summed E-state index contributed by atoms with van der Waals surface area (Å²) in [6, 6.07) is 75.2. The predicted octanol–water partition coefficient (Wildman–Crippen LogP) is 16.0. The summed E-state index contributed by atoms with van der Waals surface area (Å²) in [4.78, 5) is 0. The number of para-hydroxylation sites is 1. The first-order valence-corrected chi connectivity index (χ1v) is 19.7. The normalized spacial score (nSPS) is 11.9. The lowest BCUT2D eigenvalue weighted by atomic mass is 9.85. The lowest BCUT2D eigenvalue weighted by Crippen LogP contribution is -1.91. The van der Waals surface area contributed by atoms with Gasteiger partial charge in [-0.3, -0.25) is 0 Å². The summed E-state index contributed by atoms with van der Waals surface area (Å²) in [5, 5.41) is 14.6. The second kappa shape index (κ2) is 12.5. The Kier molecular flexibility index (Phi) is 7.00. The fraction of sp³-hybridized carbons (Fsp3) is 0. The smallest absolute Gasteiger partial charge is 0.143 e. The second-order valence-electron chi connectivity index (χ2n) is 15.1. The summed E-state index contributed by atoms with van der Waals surface area (Å²) in [7, 11) is 0. The molecule has 0 unspecified atom stereocenters.